The van der Waals surface area contributed by atoms with Gasteiger partial charge < -0.3 is 5.73 Å². The van der Waals surface area contributed by atoms with Gasteiger partial charge in [0.1, 0.15) is 0 Å². The summed E-state index contributed by atoms with van der Waals surface area (Å²) in [6, 6.07) is 4.22. The van der Waals surface area contributed by atoms with Crippen molar-refractivity contribution in [1.29, 1.82) is 0 Å². The lowest BCUT2D eigenvalue weighted by Crippen LogP contribution is -2.03. The van der Waals surface area contributed by atoms with Gasteiger partial charge in [0.25, 0.3) is 0 Å². The second-order valence-electron chi connectivity index (χ2n) is 2.42. The summed E-state index contributed by atoms with van der Waals surface area (Å²) >= 11 is 1.77. The minimum absolute atomic E-state index is 0. The fraction of sp³-hybridized carbons (Fsp3) is 0.333. The van der Waals surface area contributed by atoms with Crippen LogP contribution in [-0.4, -0.2) is 0 Å². The lowest BCUT2D eigenvalue weighted by Gasteiger charge is -1.99. The Labute approximate surface area is 83.7 Å². The molecule has 0 fully saturated rings. The second-order valence-corrected chi connectivity index (χ2v) is 3.62. The summed E-state index contributed by atoms with van der Waals surface area (Å²) in [5.41, 5.74) is 5.75. The molecule has 12 heavy (non-hydrogen) atoms. The van der Waals surface area contributed by atoms with E-state index >= 15 is 0 Å². The van der Waals surface area contributed by atoms with E-state index in [4.69, 9.17) is 5.73 Å². The van der Waals surface area contributed by atoms with Crippen LogP contribution in [0.5, 0.6) is 0 Å². The van der Waals surface area contributed by atoms with Gasteiger partial charge in [0, 0.05) is 9.75 Å². The van der Waals surface area contributed by atoms with Crippen molar-refractivity contribution in [1.82, 2.24) is 0 Å². The molecule has 68 valence electrons. The third-order valence-corrected chi connectivity index (χ3v) is 2.94. The highest BCUT2D eigenvalue weighted by molar-refractivity contribution is 7.12. The van der Waals surface area contributed by atoms with Gasteiger partial charge in [-0.3, -0.25) is 0 Å². The number of hydrogen-bond donors (Lipinski definition) is 1. The molecule has 1 atom stereocenters. The molecule has 0 radical (unpaired) electrons. The summed E-state index contributed by atoms with van der Waals surface area (Å²) in [4.78, 5) is 2.59. The highest BCUT2D eigenvalue weighted by Gasteiger charge is 2.03. The van der Waals surface area contributed by atoms with Gasteiger partial charge in [0.2, 0.25) is 0 Å². The van der Waals surface area contributed by atoms with Crippen LogP contribution in [0.3, 0.4) is 0 Å². The molecule has 0 aliphatic carbocycles. The first-order chi connectivity index (χ1) is 5.27. The van der Waals surface area contributed by atoms with Crippen molar-refractivity contribution < 1.29 is 0 Å². The van der Waals surface area contributed by atoms with Crippen LogP contribution in [0.2, 0.25) is 0 Å². The van der Waals surface area contributed by atoms with E-state index in [2.05, 4.69) is 25.6 Å². The maximum Gasteiger partial charge on any atom is 0.0573 e. The normalized spacial score (nSPS) is 11.8. The molecule has 1 aromatic rings. The maximum atomic E-state index is 5.75. The molecule has 0 spiro atoms. The summed E-state index contributed by atoms with van der Waals surface area (Å²) in [6.45, 7) is 5.80. The molecular weight excluding hydrogens is 190 g/mol. The van der Waals surface area contributed by atoms with Gasteiger partial charge in [0.05, 0.1) is 6.04 Å². The molecular formula is C9H14ClNS. The molecule has 0 bridgehead atoms. The number of rotatable bonds is 3. The minimum atomic E-state index is 0. The van der Waals surface area contributed by atoms with E-state index < -0.39 is 0 Å². The van der Waals surface area contributed by atoms with Crippen LogP contribution in [0.15, 0.2) is 24.8 Å². The van der Waals surface area contributed by atoms with Crippen LogP contribution in [0.1, 0.15) is 22.7 Å². The summed E-state index contributed by atoms with van der Waals surface area (Å²) in [5, 5.41) is 0. The van der Waals surface area contributed by atoms with Crippen molar-refractivity contribution in [2.24, 2.45) is 5.73 Å². The Morgan fingerprint density at radius 1 is 1.67 bits per heavy atom. The SMILES string of the molecule is C=C[C@H](N)c1ccc(CC)s1.Cl. The third-order valence-electron chi connectivity index (χ3n) is 1.61. The zero-order valence-electron chi connectivity index (χ0n) is 7.12. The molecule has 1 aromatic heterocycles. The van der Waals surface area contributed by atoms with Crippen molar-refractivity contribution in [3.8, 4) is 0 Å². The van der Waals surface area contributed by atoms with E-state index in [1.54, 1.807) is 17.4 Å². The Balaban J connectivity index is 0.00000121. The standard InChI is InChI=1S/C9H13NS.ClH/c1-3-7-5-6-9(11-7)8(10)4-2;/h4-6,8H,2-3,10H2,1H3;1H/t8-;/m0./s1. The van der Waals surface area contributed by atoms with Crippen molar-refractivity contribution in [3.63, 3.8) is 0 Å². The van der Waals surface area contributed by atoms with Gasteiger partial charge in [-0.1, -0.05) is 13.0 Å². The molecule has 0 amide bonds. The van der Waals surface area contributed by atoms with Crippen molar-refractivity contribution in [2.45, 2.75) is 19.4 Å². The van der Waals surface area contributed by atoms with Crippen LogP contribution in [0, 0.1) is 0 Å². The average Bonchev–Trinajstić information content (AvgIpc) is 2.50. The van der Waals surface area contributed by atoms with E-state index in [1.807, 2.05) is 0 Å². The summed E-state index contributed by atoms with van der Waals surface area (Å²) in [7, 11) is 0. The molecule has 0 saturated carbocycles. The van der Waals surface area contributed by atoms with E-state index in [9.17, 15) is 0 Å². The number of hydrogen-bond acceptors (Lipinski definition) is 2. The predicted molar refractivity (Wildman–Crippen MR) is 58.1 cm³/mol. The Hall–Kier alpha value is -0.310. The van der Waals surface area contributed by atoms with E-state index in [0.29, 0.717) is 0 Å². The molecule has 0 aliphatic rings. The Morgan fingerprint density at radius 3 is 2.75 bits per heavy atom. The zero-order valence-corrected chi connectivity index (χ0v) is 8.75. The highest BCUT2D eigenvalue weighted by atomic mass is 35.5. The number of aryl methyl sites for hydroxylation is 1. The zero-order chi connectivity index (χ0) is 8.27. The molecule has 3 heteroatoms. The highest BCUT2D eigenvalue weighted by Crippen LogP contribution is 2.22. The quantitative estimate of drug-likeness (QED) is 0.752. The molecule has 1 nitrogen and oxygen atoms in total. The monoisotopic (exact) mass is 203 g/mol. The largest absolute Gasteiger partial charge is 0.320 e. The van der Waals surface area contributed by atoms with Crippen molar-refractivity contribution in [2.75, 3.05) is 0 Å². The van der Waals surface area contributed by atoms with Gasteiger partial charge >= 0.3 is 0 Å². The Kier molecular flexibility index (Phi) is 5.22. The third kappa shape index (κ3) is 2.63. The van der Waals surface area contributed by atoms with E-state index in [-0.39, 0.29) is 18.4 Å². The van der Waals surface area contributed by atoms with Gasteiger partial charge in [-0.25, -0.2) is 0 Å². The lowest BCUT2D eigenvalue weighted by atomic mass is 10.2. The van der Waals surface area contributed by atoms with Crippen LogP contribution in [0.4, 0.5) is 0 Å². The topological polar surface area (TPSA) is 26.0 Å². The molecule has 0 aromatic carbocycles. The van der Waals surface area contributed by atoms with Gasteiger partial charge in [-0.15, -0.1) is 30.3 Å². The smallest absolute Gasteiger partial charge is 0.0573 e. The summed E-state index contributed by atoms with van der Waals surface area (Å²) < 4.78 is 0. The molecule has 0 saturated heterocycles. The summed E-state index contributed by atoms with van der Waals surface area (Å²) in [5.74, 6) is 0. The molecule has 2 N–H and O–H groups in total. The number of nitrogens with two attached hydrogens (primary N) is 1. The Morgan fingerprint density at radius 2 is 2.33 bits per heavy atom. The molecule has 1 heterocycles. The fourth-order valence-corrected chi connectivity index (χ4v) is 1.83. The molecule has 0 unspecified atom stereocenters. The Bertz CT molecular complexity index is 244. The van der Waals surface area contributed by atoms with Crippen LogP contribution >= 0.6 is 23.7 Å². The number of halogens is 1. The average molecular weight is 204 g/mol. The maximum absolute atomic E-state index is 5.75. The van der Waals surface area contributed by atoms with Crippen molar-refractivity contribution >= 4 is 23.7 Å². The molecule has 0 aliphatic heterocycles. The van der Waals surface area contributed by atoms with Crippen LogP contribution in [-0.2, 0) is 6.42 Å². The second kappa shape index (κ2) is 5.36. The van der Waals surface area contributed by atoms with E-state index in [0.717, 1.165) is 6.42 Å². The first-order valence-corrected chi connectivity index (χ1v) is 4.56. The van der Waals surface area contributed by atoms with Crippen molar-refractivity contribution in [3.05, 3.63) is 34.5 Å². The first kappa shape index (κ1) is 11.7. The van der Waals surface area contributed by atoms with Gasteiger partial charge in [0.15, 0.2) is 0 Å². The summed E-state index contributed by atoms with van der Waals surface area (Å²) in [6.07, 6.45) is 2.86. The van der Waals surface area contributed by atoms with Crippen LogP contribution in [0.25, 0.3) is 0 Å². The van der Waals surface area contributed by atoms with Crippen LogP contribution < -0.4 is 5.73 Å². The number of thiophene rings is 1. The van der Waals surface area contributed by atoms with Gasteiger partial charge in [-0.2, -0.15) is 0 Å². The predicted octanol–water partition coefficient (Wildman–Crippen LogP) is 2.92. The minimum Gasteiger partial charge on any atom is -0.320 e. The van der Waals surface area contributed by atoms with E-state index in [1.165, 1.54) is 9.75 Å². The molecule has 1 rings (SSSR count). The van der Waals surface area contributed by atoms with Gasteiger partial charge in [-0.05, 0) is 18.6 Å². The first-order valence-electron chi connectivity index (χ1n) is 3.74. The fourth-order valence-electron chi connectivity index (χ4n) is 0.880. The lowest BCUT2D eigenvalue weighted by molar-refractivity contribution is 0.940.